The number of amides is 1. The number of nitrogens with zero attached hydrogens (tertiary/aromatic N) is 1. The zero-order valence-electron chi connectivity index (χ0n) is 15.7. The summed E-state index contributed by atoms with van der Waals surface area (Å²) in [6, 6.07) is 10.6. The Morgan fingerprint density at radius 3 is 2.08 bits per heavy atom. The quantitative estimate of drug-likeness (QED) is 0.635. The zero-order valence-corrected chi connectivity index (χ0v) is 15.7. The van der Waals surface area contributed by atoms with Crippen molar-refractivity contribution >= 4 is 12.1 Å². The highest BCUT2D eigenvalue weighted by molar-refractivity contribution is 5.95. The van der Waals surface area contributed by atoms with E-state index in [0.717, 1.165) is 5.56 Å². The molecule has 0 aliphatic heterocycles. The first-order valence-corrected chi connectivity index (χ1v) is 8.15. The van der Waals surface area contributed by atoms with Gasteiger partial charge in [-0.25, -0.2) is 5.43 Å². The van der Waals surface area contributed by atoms with Gasteiger partial charge in [0.25, 0.3) is 5.91 Å². The Morgan fingerprint density at radius 2 is 1.62 bits per heavy atom. The first kappa shape index (κ1) is 19.3. The number of ether oxygens (including phenoxy) is 2. The van der Waals surface area contributed by atoms with Gasteiger partial charge >= 0.3 is 0 Å². The minimum Gasteiger partial charge on any atom is -0.502 e. The summed E-state index contributed by atoms with van der Waals surface area (Å²) in [5.74, 6) is 0.124. The Kier molecular flexibility index (Phi) is 5.87. The molecule has 2 rings (SSSR count). The lowest BCUT2D eigenvalue weighted by atomic mass is 9.87. The van der Waals surface area contributed by atoms with Gasteiger partial charge in [-0.15, -0.1) is 0 Å². The van der Waals surface area contributed by atoms with E-state index in [9.17, 15) is 9.90 Å². The van der Waals surface area contributed by atoms with Gasteiger partial charge in [0.15, 0.2) is 11.5 Å². The molecule has 0 aromatic heterocycles. The van der Waals surface area contributed by atoms with E-state index in [1.807, 2.05) is 12.1 Å². The van der Waals surface area contributed by atoms with Crippen LogP contribution >= 0.6 is 0 Å². The molecule has 6 nitrogen and oxygen atoms in total. The molecule has 138 valence electrons. The monoisotopic (exact) mass is 356 g/mol. The molecular weight excluding hydrogens is 332 g/mol. The number of aromatic hydroxyl groups is 1. The van der Waals surface area contributed by atoms with Gasteiger partial charge in [0.05, 0.1) is 20.4 Å². The molecule has 2 aromatic rings. The standard InChI is InChI=1S/C20H24N2O4/c1-20(2,3)15-8-6-14(7-9-15)19(24)22-21-12-13-10-16(25-4)18(23)17(11-13)26-5/h6-12,23H,1-5H3,(H,22,24). The number of phenolic OH excluding ortho intramolecular Hbond substituents is 1. The molecule has 26 heavy (non-hydrogen) atoms. The van der Waals surface area contributed by atoms with Crippen molar-refractivity contribution < 1.29 is 19.4 Å². The van der Waals surface area contributed by atoms with Crippen LogP contribution in [0.2, 0.25) is 0 Å². The zero-order chi connectivity index (χ0) is 19.3. The van der Waals surface area contributed by atoms with Gasteiger partial charge in [0.1, 0.15) is 0 Å². The third kappa shape index (κ3) is 4.53. The summed E-state index contributed by atoms with van der Waals surface area (Å²) < 4.78 is 10.2. The van der Waals surface area contributed by atoms with Crippen LogP contribution in [0.25, 0.3) is 0 Å². The molecule has 0 saturated carbocycles. The lowest BCUT2D eigenvalue weighted by Gasteiger charge is -2.18. The van der Waals surface area contributed by atoms with Crippen molar-refractivity contribution in [2.75, 3.05) is 14.2 Å². The van der Waals surface area contributed by atoms with E-state index in [1.165, 1.54) is 20.4 Å². The fourth-order valence-corrected chi connectivity index (χ4v) is 2.34. The van der Waals surface area contributed by atoms with Crippen LogP contribution in [-0.2, 0) is 5.41 Å². The summed E-state index contributed by atoms with van der Waals surface area (Å²) in [5, 5.41) is 13.8. The van der Waals surface area contributed by atoms with Crippen LogP contribution in [0.15, 0.2) is 41.5 Å². The number of rotatable bonds is 5. The van der Waals surface area contributed by atoms with E-state index in [1.54, 1.807) is 24.3 Å². The molecule has 1 amide bonds. The molecule has 0 saturated heterocycles. The van der Waals surface area contributed by atoms with Gasteiger partial charge in [0, 0.05) is 11.1 Å². The van der Waals surface area contributed by atoms with Crippen LogP contribution in [0, 0.1) is 0 Å². The molecule has 0 atom stereocenters. The predicted octanol–water partition coefficient (Wildman–Crippen LogP) is 3.47. The van der Waals surface area contributed by atoms with Gasteiger partial charge in [0.2, 0.25) is 5.75 Å². The summed E-state index contributed by atoms with van der Waals surface area (Å²) in [6.45, 7) is 6.35. The highest BCUT2D eigenvalue weighted by Crippen LogP contribution is 2.36. The lowest BCUT2D eigenvalue weighted by molar-refractivity contribution is 0.0955. The molecule has 0 bridgehead atoms. The second kappa shape index (κ2) is 7.91. The van der Waals surface area contributed by atoms with Crippen molar-refractivity contribution in [3.8, 4) is 17.2 Å². The number of hydrogen-bond acceptors (Lipinski definition) is 5. The first-order chi connectivity index (χ1) is 12.3. The summed E-state index contributed by atoms with van der Waals surface area (Å²) in [6.07, 6.45) is 1.45. The molecule has 6 heteroatoms. The van der Waals surface area contributed by atoms with E-state index in [2.05, 4.69) is 31.3 Å². The maximum absolute atomic E-state index is 12.2. The van der Waals surface area contributed by atoms with Gasteiger partial charge in [-0.3, -0.25) is 4.79 Å². The van der Waals surface area contributed by atoms with Gasteiger partial charge in [-0.05, 0) is 35.2 Å². The smallest absolute Gasteiger partial charge is 0.271 e. The molecule has 0 radical (unpaired) electrons. The Morgan fingerprint density at radius 1 is 1.08 bits per heavy atom. The Bertz CT molecular complexity index is 781. The topological polar surface area (TPSA) is 80.2 Å². The van der Waals surface area contributed by atoms with E-state index >= 15 is 0 Å². The number of carbonyl (C=O) groups is 1. The summed E-state index contributed by atoms with van der Waals surface area (Å²) in [7, 11) is 2.89. The molecule has 0 fully saturated rings. The molecule has 0 unspecified atom stereocenters. The van der Waals surface area contributed by atoms with Crippen molar-refractivity contribution in [1.29, 1.82) is 0 Å². The summed E-state index contributed by atoms with van der Waals surface area (Å²) >= 11 is 0. The normalized spacial score (nSPS) is 11.4. The van der Waals surface area contributed by atoms with Crippen molar-refractivity contribution in [3.05, 3.63) is 53.1 Å². The number of nitrogens with one attached hydrogen (secondary N) is 1. The van der Waals surface area contributed by atoms with Gasteiger partial charge < -0.3 is 14.6 Å². The van der Waals surface area contributed by atoms with Crippen LogP contribution < -0.4 is 14.9 Å². The molecule has 2 N–H and O–H groups in total. The molecule has 0 heterocycles. The summed E-state index contributed by atoms with van der Waals surface area (Å²) in [4.78, 5) is 12.2. The number of benzene rings is 2. The van der Waals surface area contributed by atoms with Gasteiger partial charge in [-0.2, -0.15) is 5.10 Å². The average Bonchev–Trinajstić information content (AvgIpc) is 2.62. The molecular formula is C20H24N2O4. The first-order valence-electron chi connectivity index (χ1n) is 8.15. The second-order valence-electron chi connectivity index (χ2n) is 6.80. The SMILES string of the molecule is COc1cc(C=NNC(=O)c2ccc(C(C)(C)C)cc2)cc(OC)c1O. The maximum atomic E-state index is 12.2. The highest BCUT2D eigenvalue weighted by atomic mass is 16.5. The fourth-order valence-electron chi connectivity index (χ4n) is 2.34. The van der Waals surface area contributed by atoms with Crippen molar-refractivity contribution in [2.45, 2.75) is 26.2 Å². The van der Waals surface area contributed by atoms with E-state index in [4.69, 9.17) is 9.47 Å². The molecule has 2 aromatic carbocycles. The minimum absolute atomic E-state index is 0.0319. The lowest BCUT2D eigenvalue weighted by Crippen LogP contribution is -2.18. The van der Waals surface area contributed by atoms with Gasteiger partial charge in [-0.1, -0.05) is 32.9 Å². The number of hydrazone groups is 1. The molecule has 0 aliphatic carbocycles. The minimum atomic E-state index is -0.306. The van der Waals surface area contributed by atoms with Crippen LogP contribution in [0.1, 0.15) is 42.3 Å². The van der Waals surface area contributed by atoms with Crippen molar-refractivity contribution in [2.24, 2.45) is 5.10 Å². The number of phenols is 1. The highest BCUT2D eigenvalue weighted by Gasteiger charge is 2.14. The maximum Gasteiger partial charge on any atom is 0.271 e. The Labute approximate surface area is 153 Å². The van der Waals surface area contributed by atoms with Crippen LogP contribution in [-0.4, -0.2) is 31.4 Å². The molecule has 0 aliphatic rings. The second-order valence-corrected chi connectivity index (χ2v) is 6.80. The average molecular weight is 356 g/mol. The third-order valence-corrected chi connectivity index (χ3v) is 3.89. The number of carbonyl (C=O) groups excluding carboxylic acids is 1. The number of methoxy groups -OCH3 is 2. The fraction of sp³-hybridized carbons (Fsp3) is 0.300. The van der Waals surface area contributed by atoms with Crippen LogP contribution in [0.4, 0.5) is 0 Å². The summed E-state index contributed by atoms with van der Waals surface area (Å²) in [5.41, 5.74) is 4.80. The van der Waals surface area contributed by atoms with Crippen LogP contribution in [0.3, 0.4) is 0 Å². The number of hydrogen-bond donors (Lipinski definition) is 2. The third-order valence-electron chi connectivity index (χ3n) is 3.89. The van der Waals surface area contributed by atoms with E-state index in [-0.39, 0.29) is 28.6 Å². The van der Waals surface area contributed by atoms with Crippen molar-refractivity contribution in [3.63, 3.8) is 0 Å². The Balaban J connectivity index is 2.09. The van der Waals surface area contributed by atoms with E-state index < -0.39 is 0 Å². The molecule has 0 spiro atoms. The largest absolute Gasteiger partial charge is 0.502 e. The van der Waals surface area contributed by atoms with Crippen LogP contribution in [0.5, 0.6) is 17.2 Å². The van der Waals surface area contributed by atoms with E-state index in [0.29, 0.717) is 11.1 Å². The van der Waals surface area contributed by atoms with Crippen molar-refractivity contribution in [1.82, 2.24) is 5.43 Å². The predicted molar refractivity (Wildman–Crippen MR) is 101 cm³/mol. The Hall–Kier alpha value is -3.02.